The van der Waals surface area contributed by atoms with E-state index in [0.717, 1.165) is 16.6 Å². The van der Waals surface area contributed by atoms with Gasteiger partial charge in [0.2, 0.25) is 0 Å². The highest BCUT2D eigenvalue weighted by atomic mass is 32.2. The molecule has 1 N–H and O–H groups in total. The zero-order valence-electron chi connectivity index (χ0n) is 7.35. The zero-order valence-corrected chi connectivity index (χ0v) is 8.99. The number of nitrogens with one attached hydrogen (secondary N) is 1. The van der Waals surface area contributed by atoms with Gasteiger partial charge in [-0.15, -0.1) is 0 Å². The van der Waals surface area contributed by atoms with Crippen molar-refractivity contribution < 1.29 is 0 Å². The molecule has 0 rings (SSSR count). The lowest BCUT2D eigenvalue weighted by atomic mass is 10.2. The molecule has 0 fully saturated rings. The van der Waals surface area contributed by atoms with Crippen molar-refractivity contribution in [3.05, 3.63) is 0 Å². The Hall–Kier alpha value is 0.240. The van der Waals surface area contributed by atoms with Gasteiger partial charge in [0, 0.05) is 6.54 Å². The van der Waals surface area contributed by atoms with Crippen molar-refractivity contribution in [1.82, 2.24) is 5.32 Å². The molecule has 0 aromatic rings. The van der Waals surface area contributed by atoms with E-state index in [1.807, 2.05) is 0 Å². The van der Waals surface area contributed by atoms with Crippen molar-refractivity contribution in [3.8, 4) is 0 Å². The molecule has 0 unspecified atom stereocenters. The van der Waals surface area contributed by atoms with Crippen molar-refractivity contribution in [2.45, 2.75) is 33.1 Å². The molecule has 3 heteroatoms. The monoisotopic (exact) mass is 191 g/mol. The summed E-state index contributed by atoms with van der Waals surface area (Å²) in [6.07, 6.45) is 3.81. The molecule has 0 saturated heterocycles. The highest BCUT2D eigenvalue weighted by Gasteiger charge is 1.92. The summed E-state index contributed by atoms with van der Waals surface area (Å²) in [7, 11) is 0. The topological polar surface area (TPSA) is 12.0 Å². The summed E-state index contributed by atoms with van der Waals surface area (Å²) in [5, 5.41) is 3.21. The lowest BCUT2D eigenvalue weighted by Crippen LogP contribution is -2.19. The Morgan fingerprint density at radius 2 is 2.09 bits per heavy atom. The minimum atomic E-state index is 0.948. The van der Waals surface area contributed by atoms with Crippen LogP contribution >= 0.6 is 24.0 Å². The fourth-order valence-corrected chi connectivity index (χ4v) is 1.67. The van der Waals surface area contributed by atoms with E-state index in [4.69, 9.17) is 12.2 Å². The highest BCUT2D eigenvalue weighted by Crippen LogP contribution is 2.00. The van der Waals surface area contributed by atoms with Crippen LogP contribution in [0.2, 0.25) is 0 Å². The Labute approximate surface area is 79.3 Å². The van der Waals surface area contributed by atoms with Gasteiger partial charge in [-0.2, -0.15) is 0 Å². The maximum Gasteiger partial charge on any atom is 0.133 e. The average molecular weight is 191 g/mol. The van der Waals surface area contributed by atoms with Crippen molar-refractivity contribution in [3.63, 3.8) is 0 Å². The quantitative estimate of drug-likeness (QED) is 0.530. The fourth-order valence-electron chi connectivity index (χ4n) is 0.748. The van der Waals surface area contributed by atoms with Crippen molar-refractivity contribution in [2.24, 2.45) is 0 Å². The third-order valence-electron chi connectivity index (χ3n) is 1.33. The van der Waals surface area contributed by atoms with E-state index < -0.39 is 0 Å². The normalized spacial score (nSPS) is 9.64. The van der Waals surface area contributed by atoms with Crippen LogP contribution in [0.15, 0.2) is 0 Å². The third kappa shape index (κ3) is 8.14. The second-order valence-electron chi connectivity index (χ2n) is 2.35. The molecule has 0 radical (unpaired) electrons. The van der Waals surface area contributed by atoms with Gasteiger partial charge in [0.15, 0.2) is 0 Å². The van der Waals surface area contributed by atoms with Crippen LogP contribution in [0.5, 0.6) is 0 Å². The SMILES string of the molecule is CCCCCNC(=S)SCC. The molecular weight excluding hydrogens is 174 g/mol. The minimum Gasteiger partial charge on any atom is -0.371 e. The van der Waals surface area contributed by atoms with Crippen LogP contribution in [0.4, 0.5) is 0 Å². The molecule has 0 atom stereocenters. The van der Waals surface area contributed by atoms with Gasteiger partial charge >= 0.3 is 0 Å². The Morgan fingerprint density at radius 3 is 2.64 bits per heavy atom. The predicted octanol–water partition coefficient (Wildman–Crippen LogP) is 2.80. The van der Waals surface area contributed by atoms with E-state index in [1.54, 1.807) is 11.8 Å². The molecule has 0 heterocycles. The Kier molecular flexibility index (Phi) is 8.52. The average Bonchev–Trinajstić information content (AvgIpc) is 1.99. The first-order chi connectivity index (χ1) is 5.31. The van der Waals surface area contributed by atoms with Gasteiger partial charge in [-0.25, -0.2) is 0 Å². The molecule has 1 nitrogen and oxygen atoms in total. The molecule has 0 spiro atoms. The van der Waals surface area contributed by atoms with Crippen LogP contribution in [0, 0.1) is 0 Å². The molecule has 0 aromatic carbocycles. The standard InChI is InChI=1S/C8H17NS2/c1-3-5-6-7-9-8(10)11-4-2/h3-7H2,1-2H3,(H,9,10). The van der Waals surface area contributed by atoms with Crippen LogP contribution in [0.1, 0.15) is 33.1 Å². The Morgan fingerprint density at radius 1 is 1.36 bits per heavy atom. The summed E-state index contributed by atoms with van der Waals surface area (Å²) in [5.74, 6) is 1.07. The summed E-state index contributed by atoms with van der Waals surface area (Å²) >= 11 is 6.76. The molecule has 0 saturated carbocycles. The summed E-state index contributed by atoms with van der Waals surface area (Å²) in [6.45, 7) is 5.36. The van der Waals surface area contributed by atoms with E-state index in [9.17, 15) is 0 Å². The third-order valence-corrected chi connectivity index (χ3v) is 2.52. The van der Waals surface area contributed by atoms with Gasteiger partial charge in [0.1, 0.15) is 4.32 Å². The van der Waals surface area contributed by atoms with E-state index in [-0.39, 0.29) is 0 Å². The molecule has 0 aromatic heterocycles. The zero-order chi connectivity index (χ0) is 8.53. The van der Waals surface area contributed by atoms with Gasteiger partial charge in [-0.05, 0) is 12.2 Å². The number of hydrogen-bond donors (Lipinski definition) is 1. The fraction of sp³-hybridized carbons (Fsp3) is 0.875. The maximum atomic E-state index is 5.05. The second-order valence-corrected chi connectivity index (χ2v) is 4.30. The summed E-state index contributed by atoms with van der Waals surface area (Å²) in [6, 6.07) is 0. The predicted molar refractivity (Wildman–Crippen MR) is 58.3 cm³/mol. The van der Waals surface area contributed by atoms with Crippen LogP contribution in [0.25, 0.3) is 0 Å². The molecular formula is C8H17NS2. The van der Waals surface area contributed by atoms with E-state index in [0.29, 0.717) is 0 Å². The van der Waals surface area contributed by atoms with E-state index in [2.05, 4.69) is 19.2 Å². The van der Waals surface area contributed by atoms with Crippen LogP contribution in [-0.4, -0.2) is 16.6 Å². The number of rotatable bonds is 5. The summed E-state index contributed by atoms with van der Waals surface area (Å²) in [5.41, 5.74) is 0. The second kappa shape index (κ2) is 8.34. The molecule has 0 amide bonds. The summed E-state index contributed by atoms with van der Waals surface area (Å²) < 4.78 is 0.948. The largest absolute Gasteiger partial charge is 0.371 e. The molecule has 66 valence electrons. The smallest absolute Gasteiger partial charge is 0.133 e. The van der Waals surface area contributed by atoms with Crippen LogP contribution in [0.3, 0.4) is 0 Å². The molecule has 0 bridgehead atoms. The van der Waals surface area contributed by atoms with Gasteiger partial charge in [-0.1, -0.05) is 50.7 Å². The number of thiocarbonyl (C=S) groups is 1. The van der Waals surface area contributed by atoms with Crippen molar-refractivity contribution in [1.29, 1.82) is 0 Å². The Bertz CT molecular complexity index is 104. The van der Waals surface area contributed by atoms with Gasteiger partial charge in [0.25, 0.3) is 0 Å². The maximum absolute atomic E-state index is 5.05. The van der Waals surface area contributed by atoms with E-state index in [1.165, 1.54) is 19.3 Å². The minimum absolute atomic E-state index is 0.948. The van der Waals surface area contributed by atoms with Crippen LogP contribution < -0.4 is 5.32 Å². The number of unbranched alkanes of at least 4 members (excludes halogenated alkanes) is 2. The molecule has 11 heavy (non-hydrogen) atoms. The van der Waals surface area contributed by atoms with Crippen molar-refractivity contribution >= 4 is 28.3 Å². The first-order valence-corrected chi connectivity index (χ1v) is 5.61. The van der Waals surface area contributed by atoms with Gasteiger partial charge in [-0.3, -0.25) is 0 Å². The molecule has 0 aliphatic heterocycles. The molecule has 0 aliphatic rings. The number of hydrogen-bond acceptors (Lipinski definition) is 2. The van der Waals surface area contributed by atoms with Gasteiger partial charge < -0.3 is 5.32 Å². The highest BCUT2D eigenvalue weighted by molar-refractivity contribution is 8.22. The first kappa shape index (κ1) is 11.2. The lowest BCUT2D eigenvalue weighted by molar-refractivity contribution is 0.700. The number of thioether (sulfide) groups is 1. The first-order valence-electron chi connectivity index (χ1n) is 4.21. The lowest BCUT2D eigenvalue weighted by Gasteiger charge is -2.04. The van der Waals surface area contributed by atoms with E-state index >= 15 is 0 Å². The Balaban J connectivity index is 3.04. The summed E-state index contributed by atoms with van der Waals surface area (Å²) in [4.78, 5) is 0. The van der Waals surface area contributed by atoms with Crippen molar-refractivity contribution in [2.75, 3.05) is 12.3 Å². The van der Waals surface area contributed by atoms with Crippen LogP contribution in [-0.2, 0) is 0 Å². The van der Waals surface area contributed by atoms with Gasteiger partial charge in [0.05, 0.1) is 0 Å². The molecule has 0 aliphatic carbocycles.